The Morgan fingerprint density at radius 1 is 1.40 bits per heavy atom. The Balaban J connectivity index is 2.09. The summed E-state index contributed by atoms with van der Waals surface area (Å²) < 4.78 is 0. The number of hydrogen-bond acceptors (Lipinski definition) is 1. The minimum absolute atomic E-state index is 0.559. The molecule has 1 saturated carbocycles. The Morgan fingerprint density at radius 2 is 2.20 bits per heavy atom. The molecule has 1 aromatic rings. The van der Waals surface area contributed by atoms with Gasteiger partial charge < -0.3 is 5.32 Å². The van der Waals surface area contributed by atoms with Gasteiger partial charge in [-0.1, -0.05) is 44.0 Å². The van der Waals surface area contributed by atoms with Gasteiger partial charge in [0.25, 0.3) is 0 Å². The fourth-order valence-electron chi connectivity index (χ4n) is 2.14. The van der Waals surface area contributed by atoms with Crippen molar-refractivity contribution in [2.45, 2.75) is 38.6 Å². The van der Waals surface area contributed by atoms with Gasteiger partial charge in [0.1, 0.15) is 0 Å². The highest BCUT2D eigenvalue weighted by molar-refractivity contribution is 5.26. The zero-order valence-corrected chi connectivity index (χ0v) is 9.79. The molecule has 1 unspecified atom stereocenters. The average molecular weight is 203 g/mol. The van der Waals surface area contributed by atoms with E-state index in [1.807, 2.05) is 0 Å². The maximum Gasteiger partial charge on any atom is 0.0320 e. The minimum Gasteiger partial charge on any atom is -0.313 e. The van der Waals surface area contributed by atoms with E-state index in [-0.39, 0.29) is 0 Å². The molecule has 1 fully saturated rings. The molecular formula is C14H21N. The van der Waals surface area contributed by atoms with Crippen molar-refractivity contribution in [1.82, 2.24) is 5.32 Å². The lowest BCUT2D eigenvalue weighted by atomic mass is 9.99. The normalized spacial score (nSPS) is 17.7. The molecule has 82 valence electrons. The van der Waals surface area contributed by atoms with Crippen LogP contribution in [-0.4, -0.2) is 7.05 Å². The van der Waals surface area contributed by atoms with Crippen molar-refractivity contribution in [2.24, 2.45) is 5.92 Å². The highest BCUT2D eigenvalue weighted by Crippen LogP contribution is 2.37. The van der Waals surface area contributed by atoms with Gasteiger partial charge in [0.15, 0.2) is 0 Å². The second-order valence-electron chi connectivity index (χ2n) is 4.62. The Hall–Kier alpha value is -0.820. The molecule has 1 aliphatic carbocycles. The quantitative estimate of drug-likeness (QED) is 0.774. The maximum atomic E-state index is 3.44. The van der Waals surface area contributed by atoms with E-state index >= 15 is 0 Å². The van der Waals surface area contributed by atoms with Crippen molar-refractivity contribution in [3.8, 4) is 0 Å². The van der Waals surface area contributed by atoms with Crippen LogP contribution >= 0.6 is 0 Å². The molecule has 15 heavy (non-hydrogen) atoms. The van der Waals surface area contributed by atoms with E-state index in [9.17, 15) is 0 Å². The highest BCUT2D eigenvalue weighted by atomic mass is 14.9. The first-order chi connectivity index (χ1) is 7.33. The van der Waals surface area contributed by atoms with Crippen LogP contribution in [0.4, 0.5) is 0 Å². The molecule has 0 amide bonds. The van der Waals surface area contributed by atoms with Gasteiger partial charge in [0.2, 0.25) is 0 Å². The predicted molar refractivity (Wildman–Crippen MR) is 65.0 cm³/mol. The van der Waals surface area contributed by atoms with Crippen LogP contribution in [0.25, 0.3) is 0 Å². The van der Waals surface area contributed by atoms with E-state index in [0.717, 1.165) is 12.3 Å². The predicted octanol–water partition coefficient (Wildman–Crippen LogP) is 3.31. The summed E-state index contributed by atoms with van der Waals surface area (Å²) >= 11 is 0. The van der Waals surface area contributed by atoms with Gasteiger partial charge in [-0.15, -0.1) is 0 Å². The first-order valence-electron chi connectivity index (χ1n) is 6.09. The van der Waals surface area contributed by atoms with Crippen molar-refractivity contribution in [3.63, 3.8) is 0 Å². The van der Waals surface area contributed by atoms with Crippen molar-refractivity contribution in [3.05, 3.63) is 35.4 Å². The summed E-state index contributed by atoms with van der Waals surface area (Å²) in [6.45, 7) is 2.22. The van der Waals surface area contributed by atoms with Gasteiger partial charge in [-0.2, -0.15) is 0 Å². The Kier molecular flexibility index (Phi) is 3.42. The molecule has 1 atom stereocenters. The Labute approximate surface area is 92.9 Å². The van der Waals surface area contributed by atoms with Crippen LogP contribution in [0.2, 0.25) is 0 Å². The first kappa shape index (κ1) is 10.7. The topological polar surface area (TPSA) is 12.0 Å². The average Bonchev–Trinajstić information content (AvgIpc) is 3.10. The fourth-order valence-corrected chi connectivity index (χ4v) is 2.14. The second kappa shape index (κ2) is 4.80. The zero-order valence-electron chi connectivity index (χ0n) is 9.79. The third-order valence-electron chi connectivity index (χ3n) is 3.38. The van der Waals surface area contributed by atoms with Crippen LogP contribution in [-0.2, 0) is 6.42 Å². The third-order valence-corrected chi connectivity index (χ3v) is 3.38. The van der Waals surface area contributed by atoms with Crippen LogP contribution in [0.3, 0.4) is 0 Å². The fraction of sp³-hybridized carbons (Fsp3) is 0.571. The summed E-state index contributed by atoms with van der Waals surface area (Å²) in [7, 11) is 2.08. The van der Waals surface area contributed by atoms with E-state index in [2.05, 4.69) is 43.6 Å². The smallest absolute Gasteiger partial charge is 0.0320 e. The molecule has 0 aromatic heterocycles. The van der Waals surface area contributed by atoms with Gasteiger partial charge in [0.05, 0.1) is 0 Å². The first-order valence-corrected chi connectivity index (χ1v) is 6.09. The van der Waals surface area contributed by atoms with E-state index in [4.69, 9.17) is 0 Å². The Morgan fingerprint density at radius 3 is 2.80 bits per heavy atom. The Bertz CT molecular complexity index is 315. The van der Waals surface area contributed by atoms with Crippen molar-refractivity contribution in [2.75, 3.05) is 7.05 Å². The molecule has 1 heteroatoms. The molecule has 0 bridgehead atoms. The van der Waals surface area contributed by atoms with Gasteiger partial charge in [-0.3, -0.25) is 0 Å². The molecule has 0 spiro atoms. The molecule has 1 nitrogen and oxygen atoms in total. The number of hydrogen-bond donors (Lipinski definition) is 1. The van der Waals surface area contributed by atoms with Gasteiger partial charge >= 0.3 is 0 Å². The number of rotatable bonds is 5. The van der Waals surface area contributed by atoms with Crippen molar-refractivity contribution < 1.29 is 0 Å². The standard InChI is InChI=1S/C14H21N/c1-3-11-5-4-6-13(9-11)14(15-2)10-12-7-8-12/h4-6,9,12,14-15H,3,7-8,10H2,1-2H3. The summed E-state index contributed by atoms with van der Waals surface area (Å²) in [5.41, 5.74) is 2.91. The summed E-state index contributed by atoms with van der Waals surface area (Å²) in [6.07, 6.45) is 5.31. The lowest BCUT2D eigenvalue weighted by Gasteiger charge is -2.17. The molecule has 1 aliphatic rings. The van der Waals surface area contributed by atoms with E-state index in [0.29, 0.717) is 6.04 Å². The van der Waals surface area contributed by atoms with Crippen molar-refractivity contribution >= 4 is 0 Å². The van der Waals surface area contributed by atoms with Crippen LogP contribution in [0.1, 0.15) is 43.4 Å². The summed E-state index contributed by atoms with van der Waals surface area (Å²) in [5.74, 6) is 0.979. The van der Waals surface area contributed by atoms with Gasteiger partial charge in [-0.05, 0) is 36.9 Å². The molecule has 0 aliphatic heterocycles. The summed E-state index contributed by atoms with van der Waals surface area (Å²) in [4.78, 5) is 0. The van der Waals surface area contributed by atoms with Crippen LogP contribution in [0, 0.1) is 5.92 Å². The third kappa shape index (κ3) is 2.82. The molecule has 0 saturated heterocycles. The highest BCUT2D eigenvalue weighted by Gasteiger charge is 2.25. The van der Waals surface area contributed by atoms with Crippen LogP contribution < -0.4 is 5.32 Å². The minimum atomic E-state index is 0.559. The van der Waals surface area contributed by atoms with Crippen LogP contribution in [0.15, 0.2) is 24.3 Å². The molecule has 2 rings (SSSR count). The molecular weight excluding hydrogens is 182 g/mol. The lowest BCUT2D eigenvalue weighted by Crippen LogP contribution is -2.17. The van der Waals surface area contributed by atoms with Crippen LogP contribution in [0.5, 0.6) is 0 Å². The van der Waals surface area contributed by atoms with E-state index in [1.165, 1.54) is 30.4 Å². The SMILES string of the molecule is CCc1cccc(C(CC2CC2)NC)c1. The zero-order chi connectivity index (χ0) is 10.7. The number of benzene rings is 1. The summed E-state index contributed by atoms with van der Waals surface area (Å²) in [5, 5.41) is 3.44. The molecule has 1 N–H and O–H groups in total. The lowest BCUT2D eigenvalue weighted by molar-refractivity contribution is 0.514. The maximum absolute atomic E-state index is 3.44. The molecule has 0 radical (unpaired) electrons. The van der Waals surface area contributed by atoms with E-state index in [1.54, 1.807) is 0 Å². The van der Waals surface area contributed by atoms with Gasteiger partial charge in [-0.25, -0.2) is 0 Å². The number of nitrogens with one attached hydrogen (secondary N) is 1. The monoisotopic (exact) mass is 203 g/mol. The largest absolute Gasteiger partial charge is 0.313 e. The van der Waals surface area contributed by atoms with E-state index < -0.39 is 0 Å². The summed E-state index contributed by atoms with van der Waals surface area (Å²) in [6, 6.07) is 9.56. The molecule has 0 heterocycles. The molecule has 1 aromatic carbocycles. The van der Waals surface area contributed by atoms with Gasteiger partial charge in [0, 0.05) is 6.04 Å². The van der Waals surface area contributed by atoms with Crippen molar-refractivity contribution in [1.29, 1.82) is 0 Å². The number of aryl methyl sites for hydroxylation is 1. The second-order valence-corrected chi connectivity index (χ2v) is 4.62.